The maximum Gasteiger partial charge on any atom is 0.416 e. The Kier molecular flexibility index (Phi) is 13.7. The number of halogens is 4. The van der Waals surface area contributed by atoms with E-state index < -0.39 is 23.0 Å². The molecule has 0 spiro atoms. The van der Waals surface area contributed by atoms with Crippen LogP contribution in [0.4, 0.5) is 13.2 Å². The molecule has 6 rings (SSSR count). The summed E-state index contributed by atoms with van der Waals surface area (Å²) in [6.07, 6.45) is 2.50. The highest BCUT2D eigenvalue weighted by molar-refractivity contribution is 6.02. The van der Waals surface area contributed by atoms with Crippen LogP contribution in [-0.4, -0.2) is 36.5 Å². The van der Waals surface area contributed by atoms with Gasteiger partial charge in [0.05, 0.1) is 18.2 Å². The zero-order chi connectivity index (χ0) is 39.2. The topological polar surface area (TPSA) is 110 Å². The first-order valence-electron chi connectivity index (χ1n) is 17.4. The Bertz CT molecular complexity index is 2190. The maximum atomic E-state index is 12.9. The number of phenols is 1. The van der Waals surface area contributed by atoms with Crippen LogP contribution in [0.25, 0.3) is 28.2 Å². The molecule has 5 aromatic rings. The fraction of sp³-hybridized carbons (Fsp3) is 0.279. The Hall–Kier alpha value is -5.39. The molecule has 12 heteroatoms. The summed E-state index contributed by atoms with van der Waals surface area (Å²) in [5.74, 6) is 1.21. The molecule has 0 saturated heterocycles. The van der Waals surface area contributed by atoms with Gasteiger partial charge in [-0.15, -0.1) is 12.4 Å². The number of hydrogen-bond donors (Lipinski definition) is 3. The lowest BCUT2D eigenvalue weighted by atomic mass is 9.93. The minimum absolute atomic E-state index is 0. The Morgan fingerprint density at radius 3 is 2.22 bits per heavy atom. The maximum absolute atomic E-state index is 12.9. The Balaban J connectivity index is 0.000000257. The van der Waals surface area contributed by atoms with Gasteiger partial charge in [-0.1, -0.05) is 54.1 Å². The minimum atomic E-state index is -4.33. The number of methoxy groups -OCH3 is 1. The van der Waals surface area contributed by atoms with Crippen LogP contribution in [0, 0.1) is 0 Å². The van der Waals surface area contributed by atoms with Crippen molar-refractivity contribution in [1.29, 1.82) is 0 Å². The van der Waals surface area contributed by atoms with E-state index in [-0.39, 0.29) is 41.2 Å². The number of rotatable bonds is 10. The zero-order valence-corrected chi connectivity index (χ0v) is 32.2. The molecule has 0 bridgehead atoms. The first-order chi connectivity index (χ1) is 25.6. The first kappa shape index (κ1) is 42.4. The van der Waals surface area contributed by atoms with Crippen LogP contribution in [-0.2, 0) is 12.6 Å². The number of phenolic OH excluding ortho intramolecular Hbond substituents is 1. The van der Waals surface area contributed by atoms with Gasteiger partial charge in [0.1, 0.15) is 51.4 Å². The van der Waals surface area contributed by atoms with Gasteiger partial charge in [-0.25, -0.2) is 4.79 Å². The molecule has 3 N–H and O–H groups in total. The van der Waals surface area contributed by atoms with E-state index >= 15 is 0 Å². The molecule has 1 aliphatic heterocycles. The van der Waals surface area contributed by atoms with Gasteiger partial charge in [-0.3, -0.25) is 0 Å². The lowest BCUT2D eigenvalue weighted by molar-refractivity contribution is -0.137. The van der Waals surface area contributed by atoms with E-state index in [0.29, 0.717) is 40.2 Å². The monoisotopic (exact) mass is 779 g/mol. The van der Waals surface area contributed by atoms with E-state index in [4.69, 9.17) is 18.6 Å². The van der Waals surface area contributed by atoms with Crippen LogP contribution in [0.3, 0.4) is 0 Å². The van der Waals surface area contributed by atoms with Crippen molar-refractivity contribution in [2.24, 2.45) is 0 Å². The summed E-state index contributed by atoms with van der Waals surface area (Å²) in [5.41, 5.74) is 2.18. The van der Waals surface area contributed by atoms with E-state index in [1.165, 1.54) is 31.4 Å². The van der Waals surface area contributed by atoms with Crippen LogP contribution < -0.4 is 25.2 Å². The Morgan fingerprint density at radius 2 is 1.64 bits per heavy atom. The Morgan fingerprint density at radius 1 is 0.982 bits per heavy atom. The number of alkyl halides is 3. The number of hydrogen-bond acceptors (Lipinski definition) is 8. The molecule has 1 unspecified atom stereocenters. The van der Waals surface area contributed by atoms with E-state index in [1.54, 1.807) is 12.1 Å². The predicted octanol–water partition coefficient (Wildman–Crippen LogP) is 10.4. The first-order valence-corrected chi connectivity index (χ1v) is 17.4. The van der Waals surface area contributed by atoms with Gasteiger partial charge in [0, 0.05) is 12.0 Å². The molecule has 292 valence electrons. The number of allylic oxidation sites excluding steroid dienone is 2. The molecule has 4 aromatic carbocycles. The smallest absolute Gasteiger partial charge is 0.416 e. The molecule has 1 atom stereocenters. The molecule has 0 aliphatic carbocycles. The van der Waals surface area contributed by atoms with Crippen LogP contribution in [0.15, 0.2) is 106 Å². The van der Waals surface area contributed by atoms with Gasteiger partial charge in [0.15, 0.2) is 5.58 Å². The van der Waals surface area contributed by atoms with Crippen molar-refractivity contribution >= 4 is 29.5 Å². The number of fused-ring (bicyclic) bond motifs is 3. The summed E-state index contributed by atoms with van der Waals surface area (Å²) in [4.78, 5) is 12.9. The summed E-state index contributed by atoms with van der Waals surface area (Å²) in [5, 5.41) is 24.2. The third-order valence-electron chi connectivity index (χ3n) is 8.74. The zero-order valence-electron chi connectivity index (χ0n) is 31.4. The van der Waals surface area contributed by atoms with E-state index in [9.17, 15) is 28.2 Å². The summed E-state index contributed by atoms with van der Waals surface area (Å²) in [6, 6.07) is 20.4. The normalized spacial score (nSPS) is 13.3. The number of ether oxygens (including phenoxy) is 3. The minimum Gasteiger partial charge on any atom is -0.508 e. The van der Waals surface area contributed by atoms with Crippen molar-refractivity contribution in [2.45, 2.75) is 58.4 Å². The number of nitrogens with one attached hydrogen (secondary N) is 1. The lowest BCUT2D eigenvalue weighted by Crippen LogP contribution is -2.28. The lowest BCUT2D eigenvalue weighted by Gasteiger charge is -2.31. The number of aromatic hydroxyl groups is 2. The second kappa shape index (κ2) is 17.8. The molecule has 55 heavy (non-hydrogen) atoms. The van der Waals surface area contributed by atoms with E-state index in [0.717, 1.165) is 41.8 Å². The molecule has 0 fully saturated rings. The van der Waals surface area contributed by atoms with E-state index in [1.807, 2.05) is 77.2 Å². The number of benzene rings is 4. The molecule has 0 saturated carbocycles. The second-order valence-corrected chi connectivity index (χ2v) is 13.6. The second-order valence-electron chi connectivity index (χ2n) is 13.6. The highest BCUT2D eigenvalue weighted by Gasteiger charge is 2.33. The molecule has 0 radical (unpaired) electrons. The van der Waals surface area contributed by atoms with Crippen LogP contribution in [0.1, 0.15) is 62.5 Å². The molecule has 1 aliphatic rings. The van der Waals surface area contributed by atoms with Crippen molar-refractivity contribution in [3.63, 3.8) is 0 Å². The quantitative estimate of drug-likeness (QED) is 0.0949. The molecule has 0 amide bonds. The Labute approximate surface area is 324 Å². The third kappa shape index (κ3) is 10.0. The fourth-order valence-electron chi connectivity index (χ4n) is 6.02. The van der Waals surface area contributed by atoms with Crippen molar-refractivity contribution in [3.05, 3.63) is 129 Å². The van der Waals surface area contributed by atoms with Crippen LogP contribution in [0.2, 0.25) is 0 Å². The van der Waals surface area contributed by atoms with Gasteiger partial charge in [-0.05, 0) is 107 Å². The van der Waals surface area contributed by atoms with Crippen LogP contribution >= 0.6 is 12.4 Å². The van der Waals surface area contributed by atoms with Crippen molar-refractivity contribution in [1.82, 2.24) is 5.32 Å². The van der Waals surface area contributed by atoms with Gasteiger partial charge >= 0.3 is 11.8 Å². The molecular weight excluding hydrogens is 735 g/mol. The summed E-state index contributed by atoms with van der Waals surface area (Å²) in [7, 11) is 3.36. The van der Waals surface area contributed by atoms with Crippen molar-refractivity contribution in [3.8, 4) is 39.9 Å². The average molecular weight is 780 g/mol. The van der Waals surface area contributed by atoms with Gasteiger partial charge in [0.25, 0.3) is 0 Å². The van der Waals surface area contributed by atoms with Gasteiger partial charge in [0.2, 0.25) is 0 Å². The van der Waals surface area contributed by atoms with E-state index in [2.05, 4.69) is 11.4 Å². The highest BCUT2D eigenvalue weighted by atomic mass is 35.5. The highest BCUT2D eigenvalue weighted by Crippen LogP contribution is 2.49. The SMILES string of the molecule is CNCCC(Oc1ccc(C(F)(F)F)cc1)c1ccccc1.COc1c(CC=C(C)C)c2c(c3oc(=O)c(-c4ccc(O)cc4)c(O)c13)C=CC(C)(C)O2.Cl. The fourth-order valence-corrected chi connectivity index (χ4v) is 6.02. The third-order valence-corrected chi connectivity index (χ3v) is 8.74. The molecule has 8 nitrogen and oxygen atoms in total. The largest absolute Gasteiger partial charge is 0.508 e. The van der Waals surface area contributed by atoms with Gasteiger partial charge < -0.3 is 34.2 Å². The summed E-state index contributed by atoms with van der Waals surface area (Å²) < 4.78 is 61.3. The molecule has 2 heterocycles. The standard InChI is InChI=1S/C26H26O6.C17H18F3NO.ClH/c1-14(2)6-11-17-22-18(12-13-26(3,4)32-22)24-20(23(17)30-5)21(28)19(25(29)31-24)15-7-9-16(27)10-8-15;1-21-12-11-16(13-5-3-2-4-6-13)22-15-9-7-14(8-10-15)17(18,19)20;/h6-10,12-13,27-28H,11H2,1-5H3;2-10,16,21H,11-12H2,1H3;1H. The molecule has 1 aromatic heterocycles. The van der Waals surface area contributed by atoms with Crippen LogP contribution in [0.5, 0.6) is 28.7 Å². The molecular formula is C43H45ClF3NO7. The van der Waals surface area contributed by atoms with Crippen molar-refractivity contribution < 1.29 is 42.0 Å². The summed E-state index contributed by atoms with van der Waals surface area (Å²) >= 11 is 0. The van der Waals surface area contributed by atoms with Gasteiger partial charge in [-0.2, -0.15) is 13.2 Å². The van der Waals surface area contributed by atoms with Crippen molar-refractivity contribution in [2.75, 3.05) is 20.7 Å². The predicted molar refractivity (Wildman–Crippen MR) is 212 cm³/mol. The summed E-state index contributed by atoms with van der Waals surface area (Å²) in [6.45, 7) is 8.64. The average Bonchev–Trinajstić information content (AvgIpc) is 3.13.